The Hall–Kier alpha value is -1.58. The number of hydrogen-bond acceptors (Lipinski definition) is 3. The minimum Gasteiger partial charge on any atom is -0.478 e. The van der Waals surface area contributed by atoms with Gasteiger partial charge in [-0.3, -0.25) is 0 Å². The van der Waals surface area contributed by atoms with Gasteiger partial charge in [-0.2, -0.15) is 0 Å². The number of carboxylic acid groups (broad SMARTS) is 1. The van der Waals surface area contributed by atoms with Crippen LogP contribution in [0.1, 0.15) is 43.7 Å². The van der Waals surface area contributed by atoms with Crippen LogP contribution in [0.4, 0.5) is 5.82 Å². The van der Waals surface area contributed by atoms with Crippen molar-refractivity contribution in [3.63, 3.8) is 0 Å². The molecule has 1 rings (SSSR count). The Labute approximate surface area is 96.7 Å². The van der Waals surface area contributed by atoms with Crippen molar-refractivity contribution in [2.24, 2.45) is 0 Å². The quantitative estimate of drug-likeness (QED) is 0.828. The number of nitrogens with zero attached hydrogens (tertiary/aromatic N) is 1. The van der Waals surface area contributed by atoms with E-state index in [1.165, 1.54) is 6.07 Å². The molecule has 0 saturated carbocycles. The Morgan fingerprint density at radius 1 is 1.38 bits per heavy atom. The van der Waals surface area contributed by atoms with Gasteiger partial charge in [0.2, 0.25) is 0 Å². The number of nitrogens with one attached hydrogen (secondary N) is 1. The van der Waals surface area contributed by atoms with Crippen molar-refractivity contribution in [2.75, 3.05) is 5.32 Å². The molecule has 0 unspecified atom stereocenters. The standard InChI is InChI=1S/C10H14N2O2.C2H6/c1-6(2)11-9-5-8(10(13)14)4-7(3)12-9;1-2/h4-6H,1-3H3,(H,11,12)(H,13,14);1-2H3. The van der Waals surface area contributed by atoms with Crippen molar-refractivity contribution in [1.29, 1.82) is 0 Å². The first-order chi connectivity index (χ1) is 7.49. The van der Waals surface area contributed by atoms with Gasteiger partial charge in [-0.1, -0.05) is 13.8 Å². The number of carboxylic acids is 1. The number of anilines is 1. The molecule has 1 aromatic heterocycles. The Kier molecular flexibility index (Phi) is 6.15. The zero-order valence-electron chi connectivity index (χ0n) is 10.5. The fourth-order valence-corrected chi connectivity index (χ4v) is 1.16. The Morgan fingerprint density at radius 2 is 1.94 bits per heavy atom. The van der Waals surface area contributed by atoms with Gasteiger partial charge in [0.1, 0.15) is 5.82 Å². The van der Waals surface area contributed by atoms with Crippen LogP contribution in [0.15, 0.2) is 12.1 Å². The maximum absolute atomic E-state index is 10.7. The third kappa shape index (κ3) is 4.77. The molecule has 0 aliphatic heterocycles. The molecule has 0 atom stereocenters. The second kappa shape index (κ2) is 6.82. The normalized spacial score (nSPS) is 9.38. The van der Waals surface area contributed by atoms with Crippen LogP contribution in [0.2, 0.25) is 0 Å². The predicted octanol–water partition coefficient (Wildman–Crippen LogP) is 2.93. The van der Waals surface area contributed by atoms with Gasteiger partial charge in [-0.05, 0) is 32.9 Å². The summed E-state index contributed by atoms with van der Waals surface area (Å²) in [6.07, 6.45) is 0. The average molecular weight is 224 g/mol. The number of hydrogen-bond donors (Lipinski definition) is 2. The number of carbonyl (C=O) groups is 1. The highest BCUT2D eigenvalue weighted by molar-refractivity contribution is 5.88. The third-order valence-corrected chi connectivity index (χ3v) is 1.64. The van der Waals surface area contributed by atoms with Crippen molar-refractivity contribution < 1.29 is 9.90 Å². The van der Waals surface area contributed by atoms with Gasteiger partial charge in [0.25, 0.3) is 0 Å². The van der Waals surface area contributed by atoms with E-state index in [0.717, 1.165) is 0 Å². The predicted molar refractivity (Wildman–Crippen MR) is 66.0 cm³/mol. The molecule has 0 fully saturated rings. The molecular weight excluding hydrogens is 204 g/mol. The van der Waals surface area contributed by atoms with E-state index in [9.17, 15) is 4.79 Å². The molecule has 0 aliphatic rings. The summed E-state index contributed by atoms with van der Waals surface area (Å²) in [5, 5.41) is 11.9. The van der Waals surface area contributed by atoms with Gasteiger partial charge in [-0.15, -0.1) is 0 Å². The van der Waals surface area contributed by atoms with E-state index in [1.807, 2.05) is 27.7 Å². The second-order valence-corrected chi connectivity index (χ2v) is 3.49. The van der Waals surface area contributed by atoms with Crippen molar-refractivity contribution >= 4 is 11.8 Å². The molecule has 0 spiro atoms. The molecule has 16 heavy (non-hydrogen) atoms. The Bertz CT molecular complexity index is 349. The van der Waals surface area contributed by atoms with Crippen molar-refractivity contribution in [2.45, 2.75) is 40.7 Å². The molecule has 0 radical (unpaired) electrons. The summed E-state index contributed by atoms with van der Waals surface area (Å²) in [5.74, 6) is -0.320. The first-order valence-corrected chi connectivity index (χ1v) is 5.47. The van der Waals surface area contributed by atoms with Crippen molar-refractivity contribution in [3.05, 3.63) is 23.4 Å². The summed E-state index contributed by atoms with van der Waals surface area (Å²) < 4.78 is 0. The Balaban J connectivity index is 0.00000106. The van der Waals surface area contributed by atoms with Gasteiger partial charge in [0, 0.05) is 11.7 Å². The molecule has 0 bridgehead atoms. The molecule has 1 heterocycles. The molecule has 4 heteroatoms. The second-order valence-electron chi connectivity index (χ2n) is 3.49. The van der Waals surface area contributed by atoms with Gasteiger partial charge in [0.05, 0.1) is 5.56 Å². The highest BCUT2D eigenvalue weighted by Crippen LogP contribution is 2.10. The van der Waals surface area contributed by atoms with Crippen molar-refractivity contribution in [1.82, 2.24) is 4.98 Å². The summed E-state index contributed by atoms with van der Waals surface area (Å²) in [6.45, 7) is 9.73. The molecule has 1 aromatic rings. The first-order valence-electron chi connectivity index (χ1n) is 5.47. The maximum atomic E-state index is 10.7. The first kappa shape index (κ1) is 14.4. The third-order valence-electron chi connectivity index (χ3n) is 1.64. The van der Waals surface area contributed by atoms with Crippen LogP contribution < -0.4 is 5.32 Å². The highest BCUT2D eigenvalue weighted by atomic mass is 16.4. The van der Waals surface area contributed by atoms with E-state index in [0.29, 0.717) is 11.5 Å². The van der Waals surface area contributed by atoms with Crippen LogP contribution in [0.5, 0.6) is 0 Å². The van der Waals surface area contributed by atoms with Crippen LogP contribution in [0.25, 0.3) is 0 Å². The van der Waals surface area contributed by atoms with Crippen LogP contribution >= 0.6 is 0 Å². The van der Waals surface area contributed by atoms with Gasteiger partial charge in [0.15, 0.2) is 0 Å². The topological polar surface area (TPSA) is 62.2 Å². The van der Waals surface area contributed by atoms with Crippen LogP contribution in [-0.2, 0) is 0 Å². The van der Waals surface area contributed by atoms with E-state index >= 15 is 0 Å². The molecule has 4 nitrogen and oxygen atoms in total. The zero-order valence-corrected chi connectivity index (χ0v) is 10.5. The molecule has 0 amide bonds. The lowest BCUT2D eigenvalue weighted by molar-refractivity contribution is 0.0696. The summed E-state index contributed by atoms with van der Waals surface area (Å²) in [5.41, 5.74) is 0.966. The molecular formula is C12H20N2O2. The SMILES string of the molecule is CC.Cc1cc(C(=O)O)cc(NC(C)C)n1. The summed E-state index contributed by atoms with van der Waals surface area (Å²) in [6, 6.07) is 3.33. The summed E-state index contributed by atoms with van der Waals surface area (Å²) in [7, 11) is 0. The van der Waals surface area contributed by atoms with E-state index in [-0.39, 0.29) is 11.6 Å². The molecule has 90 valence electrons. The van der Waals surface area contributed by atoms with E-state index in [4.69, 9.17) is 5.11 Å². The lowest BCUT2D eigenvalue weighted by atomic mass is 10.2. The van der Waals surface area contributed by atoms with E-state index in [2.05, 4.69) is 10.3 Å². The van der Waals surface area contributed by atoms with Crippen LogP contribution in [-0.4, -0.2) is 22.1 Å². The lowest BCUT2D eigenvalue weighted by Crippen LogP contribution is -2.12. The molecule has 0 saturated heterocycles. The van der Waals surface area contributed by atoms with Crippen LogP contribution in [0, 0.1) is 6.92 Å². The molecule has 2 N–H and O–H groups in total. The fourth-order valence-electron chi connectivity index (χ4n) is 1.16. The minimum atomic E-state index is -0.928. The summed E-state index contributed by atoms with van der Waals surface area (Å²) >= 11 is 0. The van der Waals surface area contributed by atoms with Crippen molar-refractivity contribution in [3.8, 4) is 0 Å². The van der Waals surface area contributed by atoms with E-state index < -0.39 is 5.97 Å². The van der Waals surface area contributed by atoms with E-state index in [1.54, 1.807) is 13.0 Å². The van der Waals surface area contributed by atoms with Gasteiger partial charge < -0.3 is 10.4 Å². The minimum absolute atomic E-state index is 0.242. The number of aromatic carboxylic acids is 1. The highest BCUT2D eigenvalue weighted by Gasteiger charge is 2.06. The largest absolute Gasteiger partial charge is 0.478 e. The molecule has 0 aromatic carbocycles. The van der Waals surface area contributed by atoms with Gasteiger partial charge >= 0.3 is 5.97 Å². The maximum Gasteiger partial charge on any atom is 0.335 e. The molecule has 0 aliphatic carbocycles. The van der Waals surface area contributed by atoms with Crippen LogP contribution in [0.3, 0.4) is 0 Å². The number of rotatable bonds is 3. The number of aromatic nitrogens is 1. The Morgan fingerprint density at radius 3 is 2.38 bits per heavy atom. The fraction of sp³-hybridized carbons (Fsp3) is 0.500. The smallest absolute Gasteiger partial charge is 0.335 e. The van der Waals surface area contributed by atoms with Gasteiger partial charge in [-0.25, -0.2) is 9.78 Å². The summed E-state index contributed by atoms with van der Waals surface area (Å²) in [4.78, 5) is 14.9. The average Bonchev–Trinajstić information content (AvgIpc) is 2.18. The zero-order chi connectivity index (χ0) is 12.7. The number of pyridine rings is 1. The lowest BCUT2D eigenvalue weighted by Gasteiger charge is -2.10. The monoisotopic (exact) mass is 224 g/mol. The number of aryl methyl sites for hydroxylation is 1.